The number of nitrogens with one attached hydrogen (secondary N) is 3. The van der Waals surface area contributed by atoms with Crippen molar-refractivity contribution in [1.82, 2.24) is 10.6 Å². The minimum Gasteiger partial charge on any atom is -0.459 e. The number of furan rings is 1. The first-order chi connectivity index (χ1) is 11.3. The Balaban J connectivity index is 2.05. The second-order valence-electron chi connectivity index (χ2n) is 4.50. The molecule has 0 saturated carbocycles. The molecule has 0 aliphatic rings. The summed E-state index contributed by atoms with van der Waals surface area (Å²) in [5, 5.41) is 8.38. The third-order valence-corrected chi connectivity index (χ3v) is 4.31. The van der Waals surface area contributed by atoms with E-state index in [-0.39, 0.29) is 10.9 Å². The van der Waals surface area contributed by atoms with E-state index in [9.17, 15) is 4.79 Å². The molecule has 1 atom stereocenters. The number of anilines is 1. The Morgan fingerprint density at radius 2 is 1.88 bits per heavy atom. The Bertz CT molecular complexity index is 722. The number of carbonyl (C=O) groups excluding carboxylic acids is 1. The Kier molecular flexibility index (Phi) is 6.77. The van der Waals surface area contributed by atoms with Gasteiger partial charge in [-0.3, -0.25) is 4.79 Å². The van der Waals surface area contributed by atoms with Crippen molar-refractivity contribution in [3.63, 3.8) is 0 Å². The number of para-hydroxylation sites is 1. The van der Waals surface area contributed by atoms with E-state index in [0.29, 0.717) is 0 Å². The number of benzene rings is 1. The van der Waals surface area contributed by atoms with Crippen LogP contribution in [0.3, 0.4) is 0 Å². The molecule has 2 aromatic rings. The number of amides is 1. The van der Waals surface area contributed by atoms with Crippen molar-refractivity contribution >= 4 is 79.7 Å². The Labute approximate surface area is 167 Å². The molecule has 0 fully saturated rings. The van der Waals surface area contributed by atoms with Crippen molar-refractivity contribution in [2.45, 2.75) is 9.96 Å². The zero-order valence-corrected chi connectivity index (χ0v) is 16.5. The number of halogens is 4. The summed E-state index contributed by atoms with van der Waals surface area (Å²) in [6, 6.07) is 10.4. The molecule has 0 aliphatic carbocycles. The molecule has 1 heterocycles. The number of carbonyl (C=O) groups is 1. The van der Waals surface area contributed by atoms with Crippen LogP contribution in [0.25, 0.3) is 0 Å². The highest BCUT2D eigenvalue weighted by atomic mass is 79.9. The van der Waals surface area contributed by atoms with Gasteiger partial charge in [0.25, 0.3) is 5.91 Å². The van der Waals surface area contributed by atoms with Crippen LogP contribution in [0.4, 0.5) is 5.69 Å². The standard InChI is InChI=1S/C14H11BrCl3N3O2S/c15-8-4-1-2-5-9(8)19-13(24)21-12(14(16,17)18)20-11(22)10-6-3-7-23-10/h1-7,12H,(H,20,22)(H2,19,21,24)/t12-/m0/s1. The molecule has 0 unspecified atom stereocenters. The smallest absolute Gasteiger partial charge is 0.288 e. The first-order valence-corrected chi connectivity index (χ1v) is 8.84. The molecule has 10 heteroatoms. The monoisotopic (exact) mass is 469 g/mol. The van der Waals surface area contributed by atoms with Gasteiger partial charge in [-0.15, -0.1) is 0 Å². The number of rotatable bonds is 4. The zero-order valence-electron chi connectivity index (χ0n) is 11.9. The lowest BCUT2D eigenvalue weighted by atomic mass is 10.3. The van der Waals surface area contributed by atoms with Gasteiger partial charge in [0.05, 0.1) is 12.0 Å². The van der Waals surface area contributed by atoms with Crippen LogP contribution in [0.15, 0.2) is 51.6 Å². The molecule has 1 aromatic carbocycles. The Morgan fingerprint density at radius 3 is 2.46 bits per heavy atom. The van der Waals surface area contributed by atoms with Crippen LogP contribution in [0.2, 0.25) is 0 Å². The molecule has 0 radical (unpaired) electrons. The summed E-state index contributed by atoms with van der Waals surface area (Å²) in [4.78, 5) is 12.1. The van der Waals surface area contributed by atoms with Crippen molar-refractivity contribution < 1.29 is 9.21 Å². The molecule has 128 valence electrons. The largest absolute Gasteiger partial charge is 0.459 e. The fraction of sp³-hybridized carbons (Fsp3) is 0.143. The third kappa shape index (κ3) is 5.53. The molecule has 5 nitrogen and oxygen atoms in total. The van der Waals surface area contributed by atoms with Crippen molar-refractivity contribution in [3.8, 4) is 0 Å². The van der Waals surface area contributed by atoms with Gasteiger partial charge < -0.3 is 20.4 Å². The molecule has 1 aromatic heterocycles. The van der Waals surface area contributed by atoms with E-state index in [0.717, 1.165) is 10.2 Å². The van der Waals surface area contributed by atoms with Crippen LogP contribution in [0.1, 0.15) is 10.6 Å². The Morgan fingerprint density at radius 1 is 1.17 bits per heavy atom. The molecular formula is C14H11BrCl3N3O2S. The van der Waals surface area contributed by atoms with E-state index in [4.69, 9.17) is 51.4 Å². The van der Waals surface area contributed by atoms with Gasteiger partial charge in [-0.25, -0.2) is 0 Å². The summed E-state index contributed by atoms with van der Waals surface area (Å²) in [6.07, 6.45) is 0.286. The molecular weight excluding hydrogens is 461 g/mol. The van der Waals surface area contributed by atoms with E-state index in [1.54, 1.807) is 6.07 Å². The summed E-state index contributed by atoms with van der Waals surface area (Å²) in [5.74, 6) is -0.465. The van der Waals surface area contributed by atoms with E-state index >= 15 is 0 Å². The van der Waals surface area contributed by atoms with Gasteiger partial charge in [0.1, 0.15) is 6.17 Å². The first kappa shape index (κ1) is 19.3. The van der Waals surface area contributed by atoms with Gasteiger partial charge in [-0.1, -0.05) is 46.9 Å². The summed E-state index contributed by atoms with van der Waals surface area (Å²) >= 11 is 26.3. The summed E-state index contributed by atoms with van der Waals surface area (Å²) in [6.45, 7) is 0. The van der Waals surface area contributed by atoms with Crippen LogP contribution < -0.4 is 16.0 Å². The highest BCUT2D eigenvalue weighted by Gasteiger charge is 2.35. The molecule has 1 amide bonds. The van der Waals surface area contributed by atoms with Gasteiger partial charge in [0.15, 0.2) is 10.9 Å². The van der Waals surface area contributed by atoms with Crippen LogP contribution in [-0.4, -0.2) is 21.0 Å². The molecule has 2 rings (SSSR count). The Hall–Kier alpha value is -0.990. The minimum absolute atomic E-state index is 0.0840. The fourth-order valence-electron chi connectivity index (χ4n) is 1.66. The van der Waals surface area contributed by atoms with Gasteiger partial charge in [0, 0.05) is 4.47 Å². The lowest BCUT2D eigenvalue weighted by Crippen LogP contribution is -2.56. The number of hydrogen-bond acceptors (Lipinski definition) is 3. The highest BCUT2D eigenvalue weighted by molar-refractivity contribution is 9.10. The SMILES string of the molecule is O=C(N[C@@H](NC(=S)Nc1ccccc1Br)C(Cl)(Cl)Cl)c1ccco1. The van der Waals surface area contributed by atoms with Crippen molar-refractivity contribution in [2.75, 3.05) is 5.32 Å². The quantitative estimate of drug-likeness (QED) is 0.349. The maximum Gasteiger partial charge on any atom is 0.288 e. The van der Waals surface area contributed by atoms with E-state index < -0.39 is 15.9 Å². The van der Waals surface area contributed by atoms with Crippen molar-refractivity contribution in [1.29, 1.82) is 0 Å². The average molecular weight is 472 g/mol. The zero-order chi connectivity index (χ0) is 17.7. The molecule has 0 saturated heterocycles. The molecule has 0 aliphatic heterocycles. The summed E-state index contributed by atoms with van der Waals surface area (Å²) in [5.41, 5.74) is 0.718. The average Bonchev–Trinajstić information content (AvgIpc) is 3.02. The van der Waals surface area contributed by atoms with Crippen LogP contribution in [0.5, 0.6) is 0 Å². The molecule has 0 spiro atoms. The van der Waals surface area contributed by atoms with Gasteiger partial charge in [0.2, 0.25) is 3.79 Å². The number of alkyl halides is 3. The first-order valence-electron chi connectivity index (χ1n) is 6.50. The second-order valence-corrected chi connectivity index (χ2v) is 8.14. The predicted octanol–water partition coefficient (Wildman–Crippen LogP) is 4.45. The normalized spacial score (nSPS) is 12.3. The molecule has 24 heavy (non-hydrogen) atoms. The van der Waals surface area contributed by atoms with Crippen LogP contribution >= 0.6 is 63.0 Å². The van der Waals surface area contributed by atoms with Crippen LogP contribution in [-0.2, 0) is 0 Å². The van der Waals surface area contributed by atoms with E-state index in [1.165, 1.54) is 12.3 Å². The van der Waals surface area contributed by atoms with Gasteiger partial charge >= 0.3 is 0 Å². The maximum atomic E-state index is 12.1. The maximum absolute atomic E-state index is 12.1. The summed E-state index contributed by atoms with van der Waals surface area (Å²) < 4.78 is 3.96. The molecule has 3 N–H and O–H groups in total. The molecule has 0 bridgehead atoms. The van der Waals surface area contributed by atoms with Crippen LogP contribution in [0, 0.1) is 0 Å². The second kappa shape index (κ2) is 8.40. The minimum atomic E-state index is -1.85. The third-order valence-electron chi connectivity index (χ3n) is 2.75. The predicted molar refractivity (Wildman–Crippen MR) is 104 cm³/mol. The fourth-order valence-corrected chi connectivity index (χ4v) is 2.60. The highest BCUT2D eigenvalue weighted by Crippen LogP contribution is 2.29. The number of hydrogen-bond donors (Lipinski definition) is 3. The topological polar surface area (TPSA) is 66.3 Å². The van der Waals surface area contributed by atoms with Crippen molar-refractivity contribution in [2.24, 2.45) is 0 Å². The summed E-state index contributed by atoms with van der Waals surface area (Å²) in [7, 11) is 0. The lowest BCUT2D eigenvalue weighted by molar-refractivity contribution is 0.0906. The van der Waals surface area contributed by atoms with E-state index in [2.05, 4.69) is 31.9 Å². The number of thiocarbonyl (C=S) groups is 1. The van der Waals surface area contributed by atoms with Gasteiger partial charge in [-0.2, -0.15) is 0 Å². The van der Waals surface area contributed by atoms with Gasteiger partial charge in [-0.05, 0) is 52.4 Å². The van der Waals surface area contributed by atoms with Crippen molar-refractivity contribution in [3.05, 3.63) is 52.9 Å². The lowest BCUT2D eigenvalue weighted by Gasteiger charge is -2.27. The van der Waals surface area contributed by atoms with E-state index in [1.807, 2.05) is 24.3 Å².